The van der Waals surface area contributed by atoms with Crippen molar-refractivity contribution in [2.45, 2.75) is 72.6 Å². The maximum absolute atomic E-state index is 2.99. The molecule has 0 heterocycles. The molecule has 0 saturated heterocycles. The SMILES string of the molecule is Cc1ccccc1-c1cc2[cH-]c3cc(-c4ccccc4C)c(C(C)(C)C)cc3c2cc1C(C)(C)C.[C-]1=CC=CC1.[Cl-].[Cl-].[Zr+2]=[C](c1ccccc1)c1ccccc1. The van der Waals surface area contributed by atoms with Gasteiger partial charge in [0.25, 0.3) is 0 Å². The second-order valence-electron chi connectivity index (χ2n) is 16.4. The van der Waals surface area contributed by atoms with E-state index in [4.69, 9.17) is 0 Å². The van der Waals surface area contributed by atoms with Gasteiger partial charge in [-0.25, -0.2) is 12.2 Å². The van der Waals surface area contributed by atoms with Gasteiger partial charge >= 0.3 is 99.2 Å². The molecule has 0 aromatic heterocycles. The summed E-state index contributed by atoms with van der Waals surface area (Å²) in [7, 11) is 0. The number of aryl methyl sites for hydroxylation is 2. The third kappa shape index (κ3) is 10.5. The van der Waals surface area contributed by atoms with Gasteiger partial charge in [0.15, 0.2) is 0 Å². The molecule has 1 aliphatic rings. The van der Waals surface area contributed by atoms with Crippen LogP contribution in [0.1, 0.15) is 81.3 Å². The van der Waals surface area contributed by atoms with Crippen LogP contribution in [-0.4, -0.2) is 3.21 Å². The third-order valence-corrected chi connectivity index (χ3v) is 11.6. The van der Waals surface area contributed by atoms with Gasteiger partial charge in [-0.2, -0.15) is 6.08 Å². The first kappa shape index (κ1) is 44.7. The minimum absolute atomic E-state index is 0. The molecule has 284 valence electrons. The predicted molar refractivity (Wildman–Crippen MR) is 232 cm³/mol. The Labute approximate surface area is 363 Å². The first-order chi connectivity index (χ1) is 25.8. The standard InChI is InChI=1S/C35H37.C13H10.C5H5.2ClH.Zr/c1-22-13-9-11-15-26(22)30-18-24-17-25-19-31(27-16-12-10-14-23(27)2)33(35(6,7)8)21-29(25)28(24)20-32(30)34(3,4)5;1-3-7-12(8-4-1)11-13-9-5-2-6-10-13;1-2-4-5-3-1;;;/h9-21H,1-8H3;1-10H;1-3H,4H2;2*1H;/q-1;;-1;;;+2/p-2. The van der Waals surface area contributed by atoms with E-state index < -0.39 is 0 Å². The molecule has 7 aromatic rings. The summed E-state index contributed by atoms with van der Waals surface area (Å²) in [4.78, 5) is 0. The van der Waals surface area contributed by atoms with E-state index in [1.54, 1.807) is 0 Å². The molecule has 0 fully saturated rings. The summed E-state index contributed by atoms with van der Waals surface area (Å²) >= 11 is 1.46. The molecule has 0 atom stereocenters. The van der Waals surface area contributed by atoms with Gasteiger partial charge < -0.3 is 24.8 Å². The summed E-state index contributed by atoms with van der Waals surface area (Å²) < 4.78 is 1.42. The zero-order chi connectivity index (χ0) is 38.5. The van der Waals surface area contributed by atoms with Gasteiger partial charge in [-0.15, -0.1) is 46.2 Å². The minimum atomic E-state index is 0. The van der Waals surface area contributed by atoms with Crippen LogP contribution in [0.4, 0.5) is 0 Å². The monoisotopic (exact) mass is 848 g/mol. The van der Waals surface area contributed by atoms with E-state index in [1.807, 2.05) is 12.2 Å². The summed E-state index contributed by atoms with van der Waals surface area (Å²) in [5.74, 6) is 0. The number of halogens is 2. The van der Waals surface area contributed by atoms with Crippen molar-refractivity contribution in [2.75, 3.05) is 0 Å². The molecule has 1 aliphatic carbocycles. The normalized spacial score (nSPS) is 11.9. The molecule has 0 aliphatic heterocycles. The van der Waals surface area contributed by atoms with Crippen LogP contribution < -0.4 is 24.8 Å². The second-order valence-corrected chi connectivity index (χ2v) is 17.6. The molecule has 0 radical (unpaired) electrons. The Kier molecular flexibility index (Phi) is 15.5. The summed E-state index contributed by atoms with van der Waals surface area (Å²) in [5, 5.41) is 5.38. The van der Waals surface area contributed by atoms with Crippen molar-refractivity contribution in [1.82, 2.24) is 0 Å². The predicted octanol–water partition coefficient (Wildman–Crippen LogP) is 8.37. The van der Waals surface area contributed by atoms with Crippen molar-refractivity contribution >= 4 is 24.8 Å². The van der Waals surface area contributed by atoms with Gasteiger partial charge in [0.05, 0.1) is 0 Å². The van der Waals surface area contributed by atoms with Gasteiger partial charge in [-0.3, -0.25) is 6.08 Å². The average molecular weight is 851 g/mol. The summed E-state index contributed by atoms with van der Waals surface area (Å²) in [6, 6.07) is 50.9. The summed E-state index contributed by atoms with van der Waals surface area (Å²) in [5.41, 5.74) is 13.6. The van der Waals surface area contributed by atoms with Crippen LogP contribution in [0.15, 0.2) is 158 Å². The summed E-state index contributed by atoms with van der Waals surface area (Å²) in [6.07, 6.45) is 10.0. The van der Waals surface area contributed by atoms with Crippen LogP contribution >= 0.6 is 0 Å². The number of hydrogen-bond acceptors (Lipinski definition) is 0. The Morgan fingerprint density at radius 2 is 0.929 bits per heavy atom. The first-order valence-electron chi connectivity index (χ1n) is 19.1. The fourth-order valence-electron chi connectivity index (χ4n) is 7.26. The zero-order valence-corrected chi connectivity index (χ0v) is 37.9. The Morgan fingerprint density at radius 1 is 0.536 bits per heavy atom. The maximum atomic E-state index is 2.99. The molecule has 8 rings (SSSR count). The van der Waals surface area contributed by atoms with Crippen LogP contribution in [-0.2, 0) is 35.1 Å². The van der Waals surface area contributed by atoms with Crippen LogP contribution in [0.3, 0.4) is 0 Å². The quantitative estimate of drug-likeness (QED) is 0.156. The van der Waals surface area contributed by atoms with Crippen LogP contribution in [0, 0.1) is 19.9 Å². The van der Waals surface area contributed by atoms with Crippen LogP contribution in [0.25, 0.3) is 43.8 Å². The summed E-state index contributed by atoms with van der Waals surface area (Å²) in [6.45, 7) is 18.4. The van der Waals surface area contributed by atoms with E-state index in [-0.39, 0.29) is 35.6 Å². The Bertz CT molecular complexity index is 2280. The van der Waals surface area contributed by atoms with Gasteiger partial charge in [0.2, 0.25) is 0 Å². The topological polar surface area (TPSA) is 0 Å². The molecule has 7 aromatic carbocycles. The van der Waals surface area contributed by atoms with E-state index >= 15 is 0 Å². The van der Waals surface area contributed by atoms with E-state index in [0.29, 0.717) is 0 Å². The van der Waals surface area contributed by atoms with Gasteiger partial charge in [0, 0.05) is 0 Å². The van der Waals surface area contributed by atoms with Crippen molar-refractivity contribution in [3.8, 4) is 22.3 Å². The van der Waals surface area contributed by atoms with Gasteiger partial charge in [-0.1, -0.05) is 102 Å². The third-order valence-electron chi connectivity index (χ3n) is 10.2. The van der Waals surface area contributed by atoms with Crippen molar-refractivity contribution in [3.05, 3.63) is 197 Å². The fourth-order valence-corrected chi connectivity index (χ4v) is 8.08. The molecular formula is C53H52Cl2Zr-2. The Hall–Kier alpha value is -4.00. The van der Waals surface area contributed by atoms with E-state index in [1.165, 1.54) is 105 Å². The van der Waals surface area contributed by atoms with Gasteiger partial charge in [-0.05, 0) is 69.2 Å². The molecule has 56 heavy (non-hydrogen) atoms. The van der Waals surface area contributed by atoms with Crippen molar-refractivity contribution in [3.63, 3.8) is 0 Å². The molecule has 0 unspecified atom stereocenters. The van der Waals surface area contributed by atoms with Gasteiger partial charge in [0.1, 0.15) is 0 Å². The van der Waals surface area contributed by atoms with E-state index in [2.05, 4.69) is 207 Å². The second kappa shape index (κ2) is 19.4. The van der Waals surface area contributed by atoms with Crippen LogP contribution in [0.2, 0.25) is 0 Å². The van der Waals surface area contributed by atoms with Crippen molar-refractivity contribution in [1.29, 1.82) is 0 Å². The molecule has 0 amide bonds. The van der Waals surface area contributed by atoms with Crippen molar-refractivity contribution < 1.29 is 49.0 Å². The number of rotatable bonds is 4. The molecule has 0 bridgehead atoms. The molecule has 0 saturated carbocycles. The van der Waals surface area contributed by atoms with E-state index in [9.17, 15) is 0 Å². The molecular weight excluding hydrogens is 799 g/mol. The molecule has 3 heteroatoms. The van der Waals surface area contributed by atoms with E-state index in [0.717, 1.165) is 6.42 Å². The number of fused-ring (bicyclic) bond motifs is 3. The van der Waals surface area contributed by atoms with Crippen LogP contribution in [0.5, 0.6) is 0 Å². The Balaban J connectivity index is 0.000000273. The Morgan fingerprint density at radius 3 is 1.25 bits per heavy atom. The van der Waals surface area contributed by atoms with Crippen molar-refractivity contribution in [2.24, 2.45) is 0 Å². The molecule has 0 nitrogen and oxygen atoms in total. The first-order valence-corrected chi connectivity index (χ1v) is 20.3. The molecule has 0 spiro atoms. The number of allylic oxidation sites excluding steroid dienone is 4. The molecule has 0 N–H and O–H groups in total. The number of benzene rings is 6. The number of hydrogen-bond donors (Lipinski definition) is 0. The average Bonchev–Trinajstić information content (AvgIpc) is 3.86. The zero-order valence-electron chi connectivity index (χ0n) is 34.0. The fraction of sp³-hybridized carbons (Fsp3) is 0.208.